The van der Waals surface area contributed by atoms with E-state index in [9.17, 15) is 0 Å². The molecule has 1 aromatic heterocycles. The number of fused-ring (bicyclic) bond motifs is 16. The topological polar surface area (TPSA) is 4.93 Å². The van der Waals surface area contributed by atoms with Crippen LogP contribution in [0.2, 0.25) is 0 Å². The molecule has 0 bridgehead atoms. The van der Waals surface area contributed by atoms with Crippen LogP contribution in [0.3, 0.4) is 0 Å². The van der Waals surface area contributed by atoms with Crippen molar-refractivity contribution in [2.24, 2.45) is 0 Å². The average Bonchev–Trinajstić information content (AvgIpc) is 3.67. The van der Waals surface area contributed by atoms with Crippen molar-refractivity contribution < 1.29 is 0 Å². The van der Waals surface area contributed by atoms with Gasteiger partial charge in [0, 0.05) is 27.4 Å². The van der Waals surface area contributed by atoms with E-state index >= 15 is 0 Å². The second-order valence-corrected chi connectivity index (χ2v) is 11.6. The van der Waals surface area contributed by atoms with Crippen LogP contribution < -0.4 is 0 Å². The second-order valence-electron chi connectivity index (χ2n) is 11.6. The molecule has 8 aromatic rings. The molecule has 2 aliphatic carbocycles. The highest BCUT2D eigenvalue weighted by Gasteiger charge is 2.53. The Morgan fingerprint density at radius 3 is 1.57 bits per heavy atom. The van der Waals surface area contributed by atoms with Crippen LogP contribution in [-0.2, 0) is 5.41 Å². The zero-order valence-electron chi connectivity index (χ0n) is 22.9. The first-order valence-electron chi connectivity index (χ1n) is 14.7. The molecule has 1 heteroatoms. The summed E-state index contributed by atoms with van der Waals surface area (Å²) >= 11 is 0. The van der Waals surface area contributed by atoms with Gasteiger partial charge in [-0.25, -0.2) is 0 Å². The fraction of sp³-hybridized carbons (Fsp3) is 0.0244. The van der Waals surface area contributed by atoms with Crippen LogP contribution in [0.25, 0.3) is 60.5 Å². The van der Waals surface area contributed by atoms with E-state index in [-0.39, 0.29) is 0 Å². The fourth-order valence-electron chi connectivity index (χ4n) is 8.28. The summed E-state index contributed by atoms with van der Waals surface area (Å²) in [6, 6.07) is 56.4. The van der Waals surface area contributed by atoms with Crippen molar-refractivity contribution >= 4 is 32.6 Å². The molecule has 194 valence electrons. The molecule has 7 aromatic carbocycles. The van der Waals surface area contributed by atoms with Crippen molar-refractivity contribution in [3.63, 3.8) is 0 Å². The van der Waals surface area contributed by atoms with Gasteiger partial charge in [0.25, 0.3) is 0 Å². The van der Waals surface area contributed by atoms with Crippen LogP contribution in [-0.4, -0.2) is 4.57 Å². The molecule has 1 nitrogen and oxygen atoms in total. The van der Waals surface area contributed by atoms with Gasteiger partial charge in [-0.15, -0.1) is 0 Å². The Morgan fingerprint density at radius 2 is 0.881 bits per heavy atom. The summed E-state index contributed by atoms with van der Waals surface area (Å²) in [6.07, 6.45) is 0. The molecule has 0 fully saturated rings. The van der Waals surface area contributed by atoms with Gasteiger partial charge in [-0.1, -0.05) is 140 Å². The lowest BCUT2D eigenvalue weighted by Crippen LogP contribution is -2.26. The SMILES string of the molecule is c1ccc(-n2c3c4c(ccc3c3ccc5ccccc5c32)-c2ccccc2C42c3ccccc3-c3ccccc32)cc1. The molecule has 2 aliphatic rings. The number of hydrogen-bond donors (Lipinski definition) is 0. The van der Waals surface area contributed by atoms with E-state index in [1.54, 1.807) is 0 Å². The minimum Gasteiger partial charge on any atom is -0.308 e. The zero-order valence-corrected chi connectivity index (χ0v) is 22.9. The number of hydrogen-bond acceptors (Lipinski definition) is 0. The number of benzene rings is 7. The van der Waals surface area contributed by atoms with Crippen LogP contribution >= 0.6 is 0 Å². The number of para-hydroxylation sites is 1. The van der Waals surface area contributed by atoms with Gasteiger partial charge in [0.15, 0.2) is 0 Å². The van der Waals surface area contributed by atoms with Gasteiger partial charge in [-0.2, -0.15) is 0 Å². The second kappa shape index (κ2) is 7.87. The van der Waals surface area contributed by atoms with Crippen LogP contribution in [0.4, 0.5) is 0 Å². The van der Waals surface area contributed by atoms with Gasteiger partial charge in [-0.3, -0.25) is 0 Å². The van der Waals surface area contributed by atoms with Crippen LogP contribution in [0, 0.1) is 0 Å². The predicted molar refractivity (Wildman–Crippen MR) is 175 cm³/mol. The molecule has 0 N–H and O–H groups in total. The van der Waals surface area contributed by atoms with Crippen molar-refractivity contribution in [3.05, 3.63) is 174 Å². The first kappa shape index (κ1) is 22.3. The highest BCUT2D eigenvalue weighted by Crippen LogP contribution is 2.64. The van der Waals surface area contributed by atoms with Crippen molar-refractivity contribution in [2.75, 3.05) is 0 Å². The van der Waals surface area contributed by atoms with E-state index < -0.39 is 5.41 Å². The predicted octanol–water partition coefficient (Wildman–Crippen LogP) is 10.3. The summed E-state index contributed by atoms with van der Waals surface area (Å²) in [4.78, 5) is 0. The molecular weight excluding hydrogens is 506 g/mol. The summed E-state index contributed by atoms with van der Waals surface area (Å²) < 4.78 is 2.56. The Labute approximate surface area is 243 Å². The van der Waals surface area contributed by atoms with E-state index in [1.807, 2.05) is 0 Å². The Morgan fingerprint density at radius 1 is 0.357 bits per heavy atom. The molecule has 10 rings (SSSR count). The van der Waals surface area contributed by atoms with Gasteiger partial charge in [0.05, 0.1) is 16.4 Å². The lowest BCUT2D eigenvalue weighted by atomic mass is 9.70. The normalized spacial score (nSPS) is 13.9. The number of rotatable bonds is 1. The maximum Gasteiger partial charge on any atom is 0.0746 e. The van der Waals surface area contributed by atoms with E-state index in [4.69, 9.17) is 0 Å². The van der Waals surface area contributed by atoms with Crippen LogP contribution in [0.15, 0.2) is 152 Å². The van der Waals surface area contributed by atoms with Crippen molar-refractivity contribution in [1.82, 2.24) is 4.57 Å². The minimum atomic E-state index is -0.407. The van der Waals surface area contributed by atoms with E-state index in [0.29, 0.717) is 0 Å². The lowest BCUT2D eigenvalue weighted by Gasteiger charge is -2.31. The largest absolute Gasteiger partial charge is 0.308 e. The number of aromatic nitrogens is 1. The zero-order chi connectivity index (χ0) is 27.4. The highest BCUT2D eigenvalue weighted by molar-refractivity contribution is 6.21. The summed E-state index contributed by atoms with van der Waals surface area (Å²) in [5, 5.41) is 5.13. The Hall–Kier alpha value is -5.40. The molecule has 0 saturated carbocycles. The summed E-state index contributed by atoms with van der Waals surface area (Å²) in [7, 11) is 0. The quantitative estimate of drug-likeness (QED) is 0.199. The molecular formula is C41H25N. The maximum absolute atomic E-state index is 2.56. The van der Waals surface area contributed by atoms with Gasteiger partial charge in [0.1, 0.15) is 0 Å². The maximum atomic E-state index is 2.56. The van der Waals surface area contributed by atoms with Gasteiger partial charge in [-0.05, 0) is 56.5 Å². The van der Waals surface area contributed by atoms with E-state index in [0.717, 1.165) is 0 Å². The third-order valence-corrected chi connectivity index (χ3v) is 9.78. The molecule has 0 aliphatic heterocycles. The first-order valence-corrected chi connectivity index (χ1v) is 14.7. The molecule has 42 heavy (non-hydrogen) atoms. The minimum absolute atomic E-state index is 0.407. The molecule has 0 unspecified atom stereocenters. The Balaban J connectivity index is 1.51. The van der Waals surface area contributed by atoms with Gasteiger partial charge in [0.2, 0.25) is 0 Å². The van der Waals surface area contributed by atoms with Crippen LogP contribution in [0.5, 0.6) is 0 Å². The fourth-order valence-corrected chi connectivity index (χ4v) is 8.28. The molecule has 0 amide bonds. The first-order chi connectivity index (χ1) is 20.9. The summed E-state index contributed by atoms with van der Waals surface area (Å²) in [6.45, 7) is 0. The molecule has 0 atom stereocenters. The summed E-state index contributed by atoms with van der Waals surface area (Å²) in [5.41, 5.74) is 14.2. The monoisotopic (exact) mass is 531 g/mol. The third-order valence-electron chi connectivity index (χ3n) is 9.78. The standard InChI is InChI=1S/C41H25N/c1-2-13-27(14-3-1)42-39-28-15-5-4-12-26(28)22-23-33(39)34-25-24-32-31-18-8-11-21-37(31)41(38(32)40(34)42)35-19-9-6-16-29(35)30-17-7-10-20-36(30)41/h1-25H. The Bertz CT molecular complexity index is 2340. The average molecular weight is 532 g/mol. The van der Waals surface area contributed by atoms with Crippen molar-refractivity contribution in [3.8, 4) is 27.9 Å². The highest BCUT2D eigenvalue weighted by atomic mass is 15.0. The van der Waals surface area contributed by atoms with E-state index in [1.165, 1.54) is 82.8 Å². The Kier molecular flexibility index (Phi) is 4.18. The van der Waals surface area contributed by atoms with Crippen molar-refractivity contribution in [1.29, 1.82) is 0 Å². The third kappa shape index (κ3) is 2.52. The molecule has 1 heterocycles. The lowest BCUT2D eigenvalue weighted by molar-refractivity contribution is 0.797. The smallest absolute Gasteiger partial charge is 0.0746 e. The number of nitrogens with zero attached hydrogens (tertiary/aromatic N) is 1. The summed E-state index contributed by atoms with van der Waals surface area (Å²) in [5.74, 6) is 0. The molecule has 1 spiro atoms. The van der Waals surface area contributed by atoms with Crippen LogP contribution in [0.1, 0.15) is 22.3 Å². The van der Waals surface area contributed by atoms with Gasteiger partial charge < -0.3 is 4.57 Å². The van der Waals surface area contributed by atoms with Gasteiger partial charge >= 0.3 is 0 Å². The molecule has 0 saturated heterocycles. The van der Waals surface area contributed by atoms with Crippen molar-refractivity contribution in [2.45, 2.75) is 5.41 Å². The van der Waals surface area contributed by atoms with E-state index in [2.05, 4.69) is 156 Å². The molecule has 0 radical (unpaired) electrons.